The summed E-state index contributed by atoms with van der Waals surface area (Å²) in [5.41, 5.74) is 1.45. The van der Waals surface area contributed by atoms with Gasteiger partial charge >= 0.3 is 0 Å². The number of unbranched alkanes of at least 4 members (excludes halogenated alkanes) is 6. The molecule has 2 nitrogen and oxygen atoms in total. The highest BCUT2D eigenvalue weighted by Gasteiger charge is 2.22. The van der Waals surface area contributed by atoms with Crippen molar-refractivity contribution in [3.05, 3.63) is 54.6 Å². The minimum absolute atomic E-state index is 0.590. The van der Waals surface area contributed by atoms with Gasteiger partial charge in [0.05, 0.1) is 0 Å². The van der Waals surface area contributed by atoms with Crippen molar-refractivity contribution in [3.8, 4) is 0 Å². The van der Waals surface area contributed by atoms with E-state index in [0.29, 0.717) is 12.0 Å². The lowest BCUT2D eigenvalue weighted by molar-refractivity contribution is -0.729. The maximum Gasteiger partial charge on any atom is 0.241 e. The van der Waals surface area contributed by atoms with E-state index in [1.54, 1.807) is 0 Å². The SMILES string of the molecule is CCCCCCCCCC(C(C)Cc1ccccc1)[n+]1cc[nH]c1. The van der Waals surface area contributed by atoms with Crippen LogP contribution in [0.4, 0.5) is 0 Å². The molecule has 0 radical (unpaired) electrons. The number of hydrogen-bond acceptors (Lipinski definition) is 0. The quantitative estimate of drug-likeness (QED) is 0.372. The highest BCUT2D eigenvalue weighted by Crippen LogP contribution is 2.23. The largest absolute Gasteiger partial charge is 0.250 e. The zero-order valence-corrected chi connectivity index (χ0v) is 15.6. The molecule has 0 aliphatic carbocycles. The van der Waals surface area contributed by atoms with Gasteiger partial charge in [-0.25, -0.2) is 4.57 Å². The summed E-state index contributed by atoms with van der Waals surface area (Å²) in [4.78, 5) is 3.22. The third-order valence-corrected chi connectivity index (χ3v) is 5.11. The molecule has 2 rings (SSSR count). The fraction of sp³-hybridized carbons (Fsp3) is 0.591. The fourth-order valence-electron chi connectivity index (χ4n) is 3.67. The van der Waals surface area contributed by atoms with Crippen molar-refractivity contribution in [1.82, 2.24) is 4.98 Å². The summed E-state index contributed by atoms with van der Waals surface area (Å²) in [5, 5.41) is 0. The van der Waals surface area contributed by atoms with E-state index >= 15 is 0 Å². The number of imidazole rings is 1. The molecule has 0 fully saturated rings. The molecule has 0 aliphatic heterocycles. The zero-order chi connectivity index (χ0) is 17.0. The Labute approximate surface area is 148 Å². The first-order chi connectivity index (χ1) is 11.8. The summed E-state index contributed by atoms with van der Waals surface area (Å²) in [6, 6.07) is 11.5. The Hall–Kier alpha value is -1.57. The second-order valence-electron chi connectivity index (χ2n) is 7.20. The molecule has 0 amide bonds. The summed E-state index contributed by atoms with van der Waals surface area (Å²) < 4.78 is 2.38. The molecule has 132 valence electrons. The summed E-state index contributed by atoms with van der Waals surface area (Å²) >= 11 is 0. The van der Waals surface area contributed by atoms with Gasteiger partial charge in [0.1, 0.15) is 18.4 Å². The van der Waals surface area contributed by atoms with Crippen LogP contribution < -0.4 is 4.57 Å². The van der Waals surface area contributed by atoms with Crippen molar-refractivity contribution in [1.29, 1.82) is 0 Å². The number of benzene rings is 1. The summed E-state index contributed by atoms with van der Waals surface area (Å²) in [6.45, 7) is 4.69. The first-order valence-electron chi connectivity index (χ1n) is 9.88. The highest BCUT2D eigenvalue weighted by atomic mass is 15.1. The van der Waals surface area contributed by atoms with Crippen LogP contribution in [0.25, 0.3) is 0 Å². The molecule has 2 heteroatoms. The molecular formula is C22H35N2+. The molecule has 1 heterocycles. The Bertz CT molecular complexity index is 518. The van der Waals surface area contributed by atoms with E-state index in [4.69, 9.17) is 0 Å². The van der Waals surface area contributed by atoms with Crippen molar-refractivity contribution < 1.29 is 4.57 Å². The summed E-state index contributed by atoms with van der Waals surface area (Å²) in [6.07, 6.45) is 18.5. The predicted molar refractivity (Wildman–Crippen MR) is 102 cm³/mol. The van der Waals surface area contributed by atoms with E-state index in [0.717, 1.165) is 6.42 Å². The molecular weight excluding hydrogens is 292 g/mol. The molecule has 0 saturated carbocycles. The Morgan fingerprint density at radius 2 is 1.67 bits per heavy atom. The lowest BCUT2D eigenvalue weighted by atomic mass is 9.90. The van der Waals surface area contributed by atoms with Gasteiger partial charge in [-0.3, -0.25) is 4.98 Å². The number of aromatic amines is 1. The van der Waals surface area contributed by atoms with Crippen LogP contribution in [-0.4, -0.2) is 4.98 Å². The number of nitrogens with zero attached hydrogens (tertiary/aromatic N) is 1. The van der Waals surface area contributed by atoms with Gasteiger partial charge in [0.25, 0.3) is 0 Å². The van der Waals surface area contributed by atoms with Crippen molar-refractivity contribution >= 4 is 0 Å². The first kappa shape index (κ1) is 18.8. The van der Waals surface area contributed by atoms with Gasteiger partial charge in [-0.2, -0.15) is 0 Å². The number of rotatable bonds is 12. The average molecular weight is 328 g/mol. The maximum absolute atomic E-state index is 3.22. The Morgan fingerprint density at radius 1 is 0.958 bits per heavy atom. The van der Waals surface area contributed by atoms with Crippen molar-refractivity contribution in [2.75, 3.05) is 0 Å². The van der Waals surface area contributed by atoms with Crippen molar-refractivity contribution in [2.45, 2.75) is 77.7 Å². The van der Waals surface area contributed by atoms with Crippen LogP contribution in [0.5, 0.6) is 0 Å². The summed E-state index contributed by atoms with van der Waals surface area (Å²) in [7, 11) is 0. The summed E-state index contributed by atoms with van der Waals surface area (Å²) in [5.74, 6) is 0.647. The van der Waals surface area contributed by atoms with E-state index in [2.05, 4.69) is 66.3 Å². The van der Waals surface area contributed by atoms with Gasteiger partial charge in [-0.1, -0.05) is 82.7 Å². The standard InChI is InChI=1S/C22H34N2/c1-3-4-5-6-7-8-12-15-22(24-17-16-23-19-24)20(2)18-21-13-10-9-11-14-21/h9-11,13-14,16-17,19-20,22H,3-8,12,15,18H2,1-2H3/p+1. The second kappa shape index (κ2) is 11.1. The lowest BCUT2D eigenvalue weighted by Gasteiger charge is -2.21. The number of hydrogen-bond donors (Lipinski definition) is 1. The molecule has 2 aromatic rings. The minimum Gasteiger partial charge on any atom is -0.250 e. The molecule has 1 aromatic heterocycles. The van der Waals surface area contributed by atoms with Crippen molar-refractivity contribution in [2.24, 2.45) is 5.92 Å². The van der Waals surface area contributed by atoms with E-state index in [1.807, 2.05) is 6.20 Å². The van der Waals surface area contributed by atoms with Crippen LogP contribution in [0.2, 0.25) is 0 Å². The third kappa shape index (κ3) is 6.51. The lowest BCUT2D eigenvalue weighted by Crippen LogP contribution is -2.41. The van der Waals surface area contributed by atoms with Crippen LogP contribution in [0.15, 0.2) is 49.1 Å². The number of nitrogens with one attached hydrogen (secondary N) is 1. The molecule has 2 unspecified atom stereocenters. The number of H-pyrrole nitrogens is 1. The molecule has 2 atom stereocenters. The van der Waals surface area contributed by atoms with Crippen LogP contribution in [0.1, 0.15) is 76.8 Å². The molecule has 0 spiro atoms. The molecule has 24 heavy (non-hydrogen) atoms. The van der Waals surface area contributed by atoms with Crippen LogP contribution in [0, 0.1) is 5.92 Å². The van der Waals surface area contributed by atoms with Crippen molar-refractivity contribution in [3.63, 3.8) is 0 Å². The zero-order valence-electron chi connectivity index (χ0n) is 15.6. The average Bonchev–Trinajstić information content (AvgIpc) is 3.12. The monoisotopic (exact) mass is 327 g/mol. The van der Waals surface area contributed by atoms with E-state index in [-0.39, 0.29) is 0 Å². The second-order valence-corrected chi connectivity index (χ2v) is 7.20. The van der Waals surface area contributed by atoms with Gasteiger partial charge < -0.3 is 0 Å². The van der Waals surface area contributed by atoms with E-state index in [1.165, 1.54) is 56.9 Å². The fourth-order valence-corrected chi connectivity index (χ4v) is 3.67. The van der Waals surface area contributed by atoms with Crippen LogP contribution in [-0.2, 0) is 6.42 Å². The van der Waals surface area contributed by atoms with Gasteiger partial charge in [0.15, 0.2) is 0 Å². The Balaban J connectivity index is 1.82. The van der Waals surface area contributed by atoms with Crippen LogP contribution in [0.3, 0.4) is 0 Å². The Kier molecular flexibility index (Phi) is 8.65. The molecule has 0 aliphatic rings. The van der Waals surface area contributed by atoms with Crippen LogP contribution >= 0.6 is 0 Å². The molecule has 0 saturated heterocycles. The topological polar surface area (TPSA) is 19.7 Å². The van der Waals surface area contributed by atoms with E-state index in [9.17, 15) is 0 Å². The van der Waals surface area contributed by atoms with E-state index < -0.39 is 0 Å². The normalized spacial score (nSPS) is 13.8. The van der Waals surface area contributed by atoms with Gasteiger partial charge in [0.2, 0.25) is 6.33 Å². The Morgan fingerprint density at radius 3 is 2.33 bits per heavy atom. The molecule has 1 N–H and O–H groups in total. The van der Waals surface area contributed by atoms with Gasteiger partial charge in [-0.05, 0) is 24.8 Å². The predicted octanol–water partition coefficient (Wildman–Crippen LogP) is 5.86. The van der Waals surface area contributed by atoms with Gasteiger partial charge in [0, 0.05) is 5.92 Å². The first-order valence-corrected chi connectivity index (χ1v) is 9.88. The molecule has 1 aromatic carbocycles. The highest BCUT2D eigenvalue weighted by molar-refractivity contribution is 5.15. The van der Waals surface area contributed by atoms with Gasteiger partial charge in [-0.15, -0.1) is 0 Å². The maximum atomic E-state index is 3.22. The third-order valence-electron chi connectivity index (χ3n) is 5.11. The number of aromatic nitrogens is 2. The smallest absolute Gasteiger partial charge is 0.241 e. The minimum atomic E-state index is 0.590. The molecule has 0 bridgehead atoms.